The number of rotatable bonds is 4. The van der Waals surface area contributed by atoms with Crippen molar-refractivity contribution in [3.63, 3.8) is 0 Å². The van der Waals surface area contributed by atoms with E-state index >= 15 is 0 Å². The zero-order valence-corrected chi connectivity index (χ0v) is 12.0. The van der Waals surface area contributed by atoms with Crippen LogP contribution in [0.15, 0.2) is 30.4 Å². The molecule has 1 aliphatic rings. The number of carboxylic acids is 2. The van der Waals surface area contributed by atoms with E-state index in [1.54, 1.807) is 25.1 Å². The van der Waals surface area contributed by atoms with E-state index in [1.165, 1.54) is 12.1 Å². The Bertz CT molecular complexity index is 650. The summed E-state index contributed by atoms with van der Waals surface area (Å²) in [5, 5.41) is 24.6. The van der Waals surface area contributed by atoms with Gasteiger partial charge >= 0.3 is 0 Å². The SMILES string of the molecule is Cc1ccc(C(=O)[O-])cc1NC(=O)C1CC=CCC1C(=O)[O-]. The van der Waals surface area contributed by atoms with Crippen LogP contribution in [-0.4, -0.2) is 17.8 Å². The number of aromatic carboxylic acids is 1. The van der Waals surface area contributed by atoms with E-state index < -0.39 is 29.7 Å². The summed E-state index contributed by atoms with van der Waals surface area (Å²) in [5.74, 6) is -4.68. The van der Waals surface area contributed by atoms with Crippen molar-refractivity contribution >= 4 is 23.5 Å². The first-order valence-electron chi connectivity index (χ1n) is 6.89. The summed E-state index contributed by atoms with van der Waals surface area (Å²) in [6.45, 7) is 1.71. The van der Waals surface area contributed by atoms with Crippen molar-refractivity contribution in [1.82, 2.24) is 0 Å². The van der Waals surface area contributed by atoms with Gasteiger partial charge in [0, 0.05) is 17.6 Å². The average molecular weight is 301 g/mol. The summed E-state index contributed by atoms with van der Waals surface area (Å²) in [6, 6.07) is 4.24. The lowest BCUT2D eigenvalue weighted by Crippen LogP contribution is -2.41. The van der Waals surface area contributed by atoms with E-state index in [0.29, 0.717) is 17.7 Å². The van der Waals surface area contributed by atoms with Gasteiger partial charge in [-0.05, 0) is 37.0 Å². The molecule has 0 bridgehead atoms. The molecule has 1 aliphatic carbocycles. The fourth-order valence-electron chi connectivity index (χ4n) is 2.47. The number of carbonyl (C=O) groups excluding carboxylic acids is 3. The van der Waals surface area contributed by atoms with Gasteiger partial charge in [0.1, 0.15) is 0 Å². The third-order valence-corrected chi connectivity index (χ3v) is 3.80. The molecule has 1 N–H and O–H groups in total. The van der Waals surface area contributed by atoms with Crippen LogP contribution in [0.4, 0.5) is 5.69 Å². The van der Waals surface area contributed by atoms with Crippen LogP contribution in [0.5, 0.6) is 0 Å². The highest BCUT2D eigenvalue weighted by atomic mass is 16.4. The maximum Gasteiger partial charge on any atom is 0.228 e. The van der Waals surface area contributed by atoms with Crippen LogP contribution < -0.4 is 15.5 Å². The molecule has 2 atom stereocenters. The first-order valence-corrected chi connectivity index (χ1v) is 6.89. The van der Waals surface area contributed by atoms with Crippen molar-refractivity contribution in [2.75, 3.05) is 5.32 Å². The summed E-state index contributed by atoms with van der Waals surface area (Å²) in [5.41, 5.74) is 0.953. The minimum absolute atomic E-state index is 0.0547. The van der Waals surface area contributed by atoms with Crippen molar-refractivity contribution < 1.29 is 24.6 Å². The van der Waals surface area contributed by atoms with E-state index in [9.17, 15) is 24.6 Å². The Balaban J connectivity index is 2.21. The molecule has 1 aromatic carbocycles. The molecule has 22 heavy (non-hydrogen) atoms. The molecule has 0 saturated heterocycles. The lowest BCUT2D eigenvalue weighted by atomic mass is 9.82. The van der Waals surface area contributed by atoms with Gasteiger partial charge < -0.3 is 25.1 Å². The maximum atomic E-state index is 12.3. The molecule has 0 aromatic heterocycles. The maximum absolute atomic E-state index is 12.3. The number of carbonyl (C=O) groups is 3. The summed E-state index contributed by atoms with van der Waals surface area (Å²) >= 11 is 0. The first-order chi connectivity index (χ1) is 10.4. The summed E-state index contributed by atoms with van der Waals surface area (Å²) in [7, 11) is 0. The number of allylic oxidation sites excluding steroid dienone is 2. The highest BCUT2D eigenvalue weighted by Gasteiger charge is 2.30. The van der Waals surface area contributed by atoms with Crippen molar-refractivity contribution in [2.45, 2.75) is 19.8 Å². The lowest BCUT2D eigenvalue weighted by molar-refractivity contribution is -0.313. The van der Waals surface area contributed by atoms with Crippen LogP contribution in [0.2, 0.25) is 0 Å². The number of hydrogen-bond donors (Lipinski definition) is 1. The van der Waals surface area contributed by atoms with E-state index in [4.69, 9.17) is 0 Å². The van der Waals surface area contributed by atoms with Crippen LogP contribution in [0.1, 0.15) is 28.8 Å². The number of anilines is 1. The second-order valence-electron chi connectivity index (χ2n) is 5.28. The molecule has 1 amide bonds. The molecule has 2 rings (SSSR count). The third kappa shape index (κ3) is 3.33. The fraction of sp³-hybridized carbons (Fsp3) is 0.312. The van der Waals surface area contributed by atoms with Crippen molar-refractivity contribution in [1.29, 1.82) is 0 Å². The predicted molar refractivity (Wildman–Crippen MR) is 74.5 cm³/mol. The minimum Gasteiger partial charge on any atom is -0.550 e. The number of carboxylic acid groups (broad SMARTS) is 2. The standard InChI is InChI=1S/C16H17NO5/c1-9-6-7-10(15(19)20)8-13(9)17-14(18)11-4-2-3-5-12(11)16(21)22/h2-3,6-8,11-12H,4-5H2,1H3,(H,17,18)(H,19,20)(H,21,22)/p-2. The van der Waals surface area contributed by atoms with Crippen LogP contribution in [-0.2, 0) is 9.59 Å². The molecule has 0 aliphatic heterocycles. The molecular formula is C16H15NO5-2. The summed E-state index contributed by atoms with van der Waals surface area (Å²) < 4.78 is 0. The Morgan fingerprint density at radius 1 is 1.09 bits per heavy atom. The van der Waals surface area contributed by atoms with Crippen LogP contribution >= 0.6 is 0 Å². The third-order valence-electron chi connectivity index (χ3n) is 3.80. The minimum atomic E-state index is -1.34. The zero-order valence-electron chi connectivity index (χ0n) is 12.0. The van der Waals surface area contributed by atoms with Crippen LogP contribution in [0, 0.1) is 18.8 Å². The molecule has 6 nitrogen and oxygen atoms in total. The average Bonchev–Trinajstić information content (AvgIpc) is 2.49. The summed E-state index contributed by atoms with van der Waals surface area (Å²) in [4.78, 5) is 34.3. The molecule has 0 spiro atoms. The second-order valence-corrected chi connectivity index (χ2v) is 5.28. The van der Waals surface area contributed by atoms with Gasteiger partial charge in [0.25, 0.3) is 0 Å². The van der Waals surface area contributed by atoms with Gasteiger partial charge in [0.05, 0.1) is 11.9 Å². The first kappa shape index (κ1) is 15.8. The molecule has 0 fully saturated rings. The number of benzene rings is 1. The highest BCUT2D eigenvalue weighted by molar-refractivity contribution is 5.97. The fourth-order valence-corrected chi connectivity index (χ4v) is 2.47. The van der Waals surface area contributed by atoms with Crippen molar-refractivity contribution in [3.8, 4) is 0 Å². The Morgan fingerprint density at radius 2 is 1.73 bits per heavy atom. The number of aliphatic carboxylic acids is 1. The van der Waals surface area contributed by atoms with Crippen LogP contribution in [0.3, 0.4) is 0 Å². The molecule has 0 saturated carbocycles. The van der Waals surface area contributed by atoms with Gasteiger partial charge in [-0.2, -0.15) is 0 Å². The smallest absolute Gasteiger partial charge is 0.228 e. The van der Waals surface area contributed by atoms with Gasteiger partial charge in [0.2, 0.25) is 5.91 Å². The molecular weight excluding hydrogens is 286 g/mol. The van der Waals surface area contributed by atoms with Crippen LogP contribution in [0.25, 0.3) is 0 Å². The van der Waals surface area contributed by atoms with Gasteiger partial charge in [-0.3, -0.25) is 4.79 Å². The van der Waals surface area contributed by atoms with Gasteiger partial charge in [0.15, 0.2) is 0 Å². The largest absolute Gasteiger partial charge is 0.550 e. The topological polar surface area (TPSA) is 109 Å². The Morgan fingerprint density at radius 3 is 2.32 bits per heavy atom. The molecule has 6 heteroatoms. The summed E-state index contributed by atoms with van der Waals surface area (Å²) in [6.07, 6.45) is 4.03. The molecule has 0 heterocycles. The van der Waals surface area contributed by atoms with E-state index in [2.05, 4.69) is 5.32 Å². The monoisotopic (exact) mass is 301 g/mol. The highest BCUT2D eigenvalue weighted by Crippen LogP contribution is 2.27. The second kappa shape index (κ2) is 6.43. The van der Waals surface area contributed by atoms with E-state index in [0.717, 1.165) is 0 Å². The lowest BCUT2D eigenvalue weighted by Gasteiger charge is -2.28. The molecule has 0 radical (unpaired) electrons. The number of amides is 1. The molecule has 1 aromatic rings. The van der Waals surface area contributed by atoms with Gasteiger partial charge in [-0.25, -0.2) is 0 Å². The normalized spacial score (nSPS) is 20.4. The molecule has 2 unspecified atom stereocenters. The number of hydrogen-bond acceptors (Lipinski definition) is 5. The Kier molecular flexibility index (Phi) is 4.60. The number of aryl methyl sites for hydroxylation is 1. The Hall–Kier alpha value is -2.63. The van der Waals surface area contributed by atoms with Gasteiger partial charge in [-0.1, -0.05) is 24.3 Å². The zero-order chi connectivity index (χ0) is 16.3. The van der Waals surface area contributed by atoms with Crippen molar-refractivity contribution in [2.24, 2.45) is 11.8 Å². The van der Waals surface area contributed by atoms with Crippen molar-refractivity contribution in [3.05, 3.63) is 41.5 Å². The Labute approximate surface area is 127 Å². The number of nitrogens with one attached hydrogen (secondary N) is 1. The van der Waals surface area contributed by atoms with E-state index in [1.807, 2.05) is 0 Å². The van der Waals surface area contributed by atoms with Gasteiger partial charge in [-0.15, -0.1) is 0 Å². The predicted octanol–water partition coefficient (Wildman–Crippen LogP) is -0.371. The molecule has 116 valence electrons. The van der Waals surface area contributed by atoms with E-state index in [-0.39, 0.29) is 12.0 Å². The quantitative estimate of drug-likeness (QED) is 0.763.